The molecule has 0 aromatic heterocycles. The van der Waals surface area contributed by atoms with E-state index in [0.717, 1.165) is 12.8 Å². The van der Waals surface area contributed by atoms with Crippen LogP contribution >= 0.6 is 0 Å². The Labute approximate surface area is 165 Å². The van der Waals surface area contributed by atoms with E-state index in [-0.39, 0.29) is 29.6 Å². The fourth-order valence-corrected chi connectivity index (χ4v) is 4.11. The zero-order valence-corrected chi connectivity index (χ0v) is 16.8. The van der Waals surface area contributed by atoms with Crippen molar-refractivity contribution in [1.29, 1.82) is 0 Å². The molecule has 1 aliphatic rings. The standard InChI is InChI=1S/C19H27N3O5S/c1-2-20-19(25)15-7-9-16(10-8-15)28(26,27)22-18(24)12-11-17(23)21-13-14-5-3-4-6-14/h7-10,14H,2-6,11-13H2,1H3,(H,20,25)(H,21,23)(H,22,24). The SMILES string of the molecule is CCNC(=O)c1ccc(S(=O)(=O)NC(=O)CCC(=O)NCC2CCCC2)cc1. The van der Waals surface area contributed by atoms with Crippen LogP contribution < -0.4 is 15.4 Å². The average Bonchev–Trinajstić information content (AvgIpc) is 3.18. The minimum atomic E-state index is -4.05. The highest BCUT2D eigenvalue weighted by atomic mass is 32.2. The molecule has 0 aliphatic heterocycles. The molecular formula is C19H27N3O5S. The van der Waals surface area contributed by atoms with Crippen molar-refractivity contribution in [3.63, 3.8) is 0 Å². The summed E-state index contributed by atoms with van der Waals surface area (Å²) in [6.45, 7) is 2.85. The monoisotopic (exact) mass is 409 g/mol. The Balaban J connectivity index is 1.81. The number of nitrogens with one attached hydrogen (secondary N) is 3. The van der Waals surface area contributed by atoms with Gasteiger partial charge in [0.05, 0.1) is 4.90 Å². The summed E-state index contributed by atoms with van der Waals surface area (Å²) in [7, 11) is -4.05. The number of sulfonamides is 1. The van der Waals surface area contributed by atoms with Gasteiger partial charge in [-0.1, -0.05) is 12.8 Å². The quantitative estimate of drug-likeness (QED) is 0.568. The number of hydrogen-bond donors (Lipinski definition) is 3. The van der Waals surface area contributed by atoms with Crippen molar-refractivity contribution in [3.8, 4) is 0 Å². The summed E-state index contributed by atoms with van der Waals surface area (Å²) < 4.78 is 26.5. The summed E-state index contributed by atoms with van der Waals surface area (Å²) in [6, 6.07) is 5.27. The summed E-state index contributed by atoms with van der Waals surface area (Å²) in [4.78, 5) is 35.3. The first kappa shape index (κ1) is 21.9. The highest BCUT2D eigenvalue weighted by molar-refractivity contribution is 7.90. The normalized spacial score (nSPS) is 14.5. The van der Waals surface area contributed by atoms with Crippen LogP contribution in [0.15, 0.2) is 29.2 Å². The Kier molecular flexibility index (Phi) is 7.98. The predicted octanol–water partition coefficient (Wildman–Crippen LogP) is 1.33. The minimum Gasteiger partial charge on any atom is -0.356 e. The molecule has 0 saturated heterocycles. The second kappa shape index (κ2) is 10.2. The van der Waals surface area contributed by atoms with Crippen LogP contribution in [0.5, 0.6) is 0 Å². The Bertz CT molecular complexity index is 799. The molecule has 28 heavy (non-hydrogen) atoms. The molecule has 3 amide bonds. The largest absolute Gasteiger partial charge is 0.356 e. The molecule has 1 aromatic rings. The maximum absolute atomic E-state index is 12.3. The van der Waals surface area contributed by atoms with Crippen molar-refractivity contribution in [3.05, 3.63) is 29.8 Å². The zero-order valence-electron chi connectivity index (χ0n) is 16.0. The first-order valence-corrected chi connectivity index (χ1v) is 11.0. The summed E-state index contributed by atoms with van der Waals surface area (Å²) in [6.07, 6.45) is 4.31. The van der Waals surface area contributed by atoms with Gasteiger partial charge < -0.3 is 10.6 Å². The second-order valence-corrected chi connectivity index (χ2v) is 8.55. The summed E-state index contributed by atoms with van der Waals surface area (Å²) in [5.41, 5.74) is 0.325. The molecule has 0 bridgehead atoms. The van der Waals surface area contributed by atoms with Crippen LogP contribution in [0.4, 0.5) is 0 Å². The maximum atomic E-state index is 12.3. The number of carbonyl (C=O) groups is 3. The number of amides is 3. The van der Waals surface area contributed by atoms with Gasteiger partial charge in [-0.2, -0.15) is 0 Å². The van der Waals surface area contributed by atoms with Gasteiger partial charge in [0.1, 0.15) is 0 Å². The molecule has 1 fully saturated rings. The molecule has 154 valence electrons. The lowest BCUT2D eigenvalue weighted by Crippen LogP contribution is -2.33. The van der Waals surface area contributed by atoms with Gasteiger partial charge in [-0.25, -0.2) is 13.1 Å². The van der Waals surface area contributed by atoms with Crippen LogP contribution in [0.3, 0.4) is 0 Å². The third kappa shape index (κ3) is 6.63. The summed E-state index contributed by atoms with van der Waals surface area (Å²) >= 11 is 0. The Morgan fingerprint density at radius 3 is 2.18 bits per heavy atom. The second-order valence-electron chi connectivity index (χ2n) is 6.87. The van der Waals surface area contributed by atoms with Gasteiger partial charge in [0.15, 0.2) is 0 Å². The molecule has 0 radical (unpaired) electrons. The van der Waals surface area contributed by atoms with Gasteiger partial charge in [0.2, 0.25) is 11.8 Å². The van der Waals surface area contributed by atoms with E-state index in [0.29, 0.717) is 24.6 Å². The minimum absolute atomic E-state index is 0.0653. The van der Waals surface area contributed by atoms with Crippen molar-refractivity contribution in [2.24, 2.45) is 5.92 Å². The van der Waals surface area contributed by atoms with Gasteiger partial charge in [-0.3, -0.25) is 14.4 Å². The number of hydrogen-bond acceptors (Lipinski definition) is 5. The lowest BCUT2D eigenvalue weighted by atomic mass is 10.1. The molecule has 0 atom stereocenters. The summed E-state index contributed by atoms with van der Waals surface area (Å²) in [5, 5.41) is 5.41. The van der Waals surface area contributed by atoms with Crippen LogP contribution in [0.25, 0.3) is 0 Å². The van der Waals surface area contributed by atoms with Gasteiger partial charge in [0.25, 0.3) is 15.9 Å². The van der Waals surface area contributed by atoms with E-state index < -0.39 is 15.9 Å². The predicted molar refractivity (Wildman–Crippen MR) is 104 cm³/mol. The topological polar surface area (TPSA) is 121 Å². The van der Waals surface area contributed by atoms with E-state index in [4.69, 9.17) is 0 Å². The molecule has 9 heteroatoms. The van der Waals surface area contributed by atoms with Crippen molar-refractivity contribution < 1.29 is 22.8 Å². The Hall–Kier alpha value is -2.42. The Morgan fingerprint density at radius 1 is 0.964 bits per heavy atom. The zero-order chi connectivity index (χ0) is 20.6. The van der Waals surface area contributed by atoms with Crippen molar-refractivity contribution in [2.75, 3.05) is 13.1 Å². The van der Waals surface area contributed by atoms with E-state index in [1.165, 1.54) is 37.1 Å². The van der Waals surface area contributed by atoms with Gasteiger partial charge in [0, 0.05) is 31.5 Å². The van der Waals surface area contributed by atoms with E-state index >= 15 is 0 Å². The fourth-order valence-electron chi connectivity index (χ4n) is 3.10. The summed E-state index contributed by atoms with van der Waals surface area (Å²) in [5.74, 6) is -0.811. The van der Waals surface area contributed by atoms with Crippen molar-refractivity contribution in [1.82, 2.24) is 15.4 Å². The third-order valence-electron chi connectivity index (χ3n) is 4.65. The molecular weight excluding hydrogens is 382 g/mol. The average molecular weight is 410 g/mol. The molecule has 0 spiro atoms. The highest BCUT2D eigenvalue weighted by Gasteiger charge is 2.20. The smallest absolute Gasteiger partial charge is 0.264 e. The van der Waals surface area contributed by atoms with Gasteiger partial charge >= 0.3 is 0 Å². The molecule has 2 rings (SSSR count). The molecule has 1 aliphatic carbocycles. The molecule has 8 nitrogen and oxygen atoms in total. The lowest BCUT2D eigenvalue weighted by Gasteiger charge is -2.11. The van der Waals surface area contributed by atoms with Gasteiger partial charge in [-0.05, 0) is 49.9 Å². The van der Waals surface area contributed by atoms with E-state index in [1.54, 1.807) is 6.92 Å². The number of rotatable bonds is 9. The van der Waals surface area contributed by atoms with Gasteiger partial charge in [-0.15, -0.1) is 0 Å². The maximum Gasteiger partial charge on any atom is 0.264 e. The first-order valence-electron chi connectivity index (χ1n) is 9.52. The van der Waals surface area contributed by atoms with E-state index in [9.17, 15) is 22.8 Å². The van der Waals surface area contributed by atoms with E-state index in [1.807, 2.05) is 4.72 Å². The highest BCUT2D eigenvalue weighted by Crippen LogP contribution is 2.23. The van der Waals surface area contributed by atoms with Crippen LogP contribution in [-0.4, -0.2) is 39.2 Å². The molecule has 1 aromatic carbocycles. The Morgan fingerprint density at radius 2 is 1.57 bits per heavy atom. The third-order valence-corrected chi connectivity index (χ3v) is 6.04. The fraction of sp³-hybridized carbons (Fsp3) is 0.526. The number of benzene rings is 1. The molecule has 3 N–H and O–H groups in total. The van der Waals surface area contributed by atoms with Crippen molar-refractivity contribution >= 4 is 27.7 Å². The molecule has 1 saturated carbocycles. The molecule has 0 unspecified atom stereocenters. The number of carbonyl (C=O) groups excluding carboxylic acids is 3. The van der Waals surface area contributed by atoms with E-state index in [2.05, 4.69) is 10.6 Å². The van der Waals surface area contributed by atoms with Crippen LogP contribution in [0, 0.1) is 5.92 Å². The van der Waals surface area contributed by atoms with Crippen LogP contribution in [-0.2, 0) is 19.6 Å². The van der Waals surface area contributed by atoms with Crippen molar-refractivity contribution in [2.45, 2.75) is 50.3 Å². The molecule has 0 heterocycles. The van der Waals surface area contributed by atoms with Crippen LogP contribution in [0.1, 0.15) is 55.8 Å². The first-order chi connectivity index (χ1) is 13.3. The lowest BCUT2D eigenvalue weighted by molar-refractivity contribution is -0.125. The van der Waals surface area contributed by atoms with Crippen LogP contribution in [0.2, 0.25) is 0 Å².